The molecule has 4 nitrogen and oxygen atoms in total. The predicted molar refractivity (Wildman–Crippen MR) is 78.3 cm³/mol. The van der Waals surface area contributed by atoms with Crippen LogP contribution in [-0.4, -0.2) is 41.6 Å². The normalized spacial score (nSPS) is 28.6. The number of rotatable bonds is 3. The lowest BCUT2D eigenvalue weighted by Crippen LogP contribution is -2.35. The average Bonchev–Trinajstić information content (AvgIpc) is 2.81. The third-order valence-corrected chi connectivity index (χ3v) is 4.70. The van der Waals surface area contributed by atoms with Crippen molar-refractivity contribution in [2.75, 3.05) is 20.1 Å². The summed E-state index contributed by atoms with van der Waals surface area (Å²) in [6.07, 6.45) is 1.99. The number of benzene rings is 1. The maximum absolute atomic E-state index is 12.2. The van der Waals surface area contributed by atoms with Crippen LogP contribution in [0.2, 0.25) is 0 Å². The smallest absolute Gasteiger partial charge is 0.240 e. The number of para-hydroxylation sites is 1. The van der Waals surface area contributed by atoms with Crippen molar-refractivity contribution in [2.24, 2.45) is 11.8 Å². The summed E-state index contributed by atoms with van der Waals surface area (Å²) in [7, 11) is 2.15. The van der Waals surface area contributed by atoms with Crippen molar-refractivity contribution in [3.05, 3.63) is 36.5 Å². The number of fused-ring (bicyclic) bond motifs is 2. The Morgan fingerprint density at radius 2 is 2.00 bits per heavy atom. The second-order valence-electron chi connectivity index (χ2n) is 6.14. The molecule has 20 heavy (non-hydrogen) atoms. The zero-order chi connectivity index (χ0) is 13.7. The molecule has 1 aromatic carbocycles. The van der Waals surface area contributed by atoms with Crippen LogP contribution in [0.1, 0.15) is 0 Å². The Morgan fingerprint density at radius 1 is 1.25 bits per heavy atom. The highest BCUT2D eigenvalue weighted by molar-refractivity contribution is 5.83. The fraction of sp³-hybridized carbons (Fsp3) is 0.438. The molecule has 0 spiro atoms. The van der Waals surface area contributed by atoms with E-state index in [-0.39, 0.29) is 5.91 Å². The largest absolute Gasteiger partial charge is 0.351 e. The second kappa shape index (κ2) is 4.35. The third kappa shape index (κ3) is 1.91. The van der Waals surface area contributed by atoms with Gasteiger partial charge in [-0.25, -0.2) is 0 Å². The zero-order valence-electron chi connectivity index (χ0n) is 11.6. The Bertz CT molecular complexity index is 651. The molecule has 0 radical (unpaired) electrons. The van der Waals surface area contributed by atoms with Gasteiger partial charge in [-0.05, 0) is 36.4 Å². The minimum atomic E-state index is 0.133. The molecule has 2 aromatic rings. The standard InChI is InChI=1S/C16H19N3O/c1-18-8-12-13(9-18)16(12)17-15(20)10-19-7-6-11-4-2-3-5-14(11)19/h2-7,12-13,16H,8-10H2,1H3,(H,17,20)/t12-,13-/m0/s1. The predicted octanol–water partition coefficient (Wildman–Crippen LogP) is 1.32. The van der Waals surface area contributed by atoms with Crippen LogP contribution in [0.25, 0.3) is 10.9 Å². The van der Waals surface area contributed by atoms with Crippen LogP contribution in [0.3, 0.4) is 0 Å². The van der Waals surface area contributed by atoms with Crippen molar-refractivity contribution in [1.29, 1.82) is 0 Å². The molecule has 1 aliphatic heterocycles. The van der Waals surface area contributed by atoms with Gasteiger partial charge in [0.05, 0.1) is 0 Å². The van der Waals surface area contributed by atoms with Gasteiger partial charge in [-0.2, -0.15) is 0 Å². The van der Waals surface area contributed by atoms with E-state index in [1.807, 2.05) is 22.9 Å². The number of hydrogen-bond donors (Lipinski definition) is 1. The number of carbonyl (C=O) groups excluding carboxylic acids is 1. The number of amides is 1. The van der Waals surface area contributed by atoms with Crippen LogP contribution in [0.4, 0.5) is 0 Å². The highest BCUT2D eigenvalue weighted by Crippen LogP contribution is 2.44. The van der Waals surface area contributed by atoms with Gasteiger partial charge < -0.3 is 14.8 Å². The Labute approximate surface area is 118 Å². The molecule has 1 N–H and O–H groups in total. The molecule has 1 amide bonds. The van der Waals surface area contributed by atoms with Gasteiger partial charge >= 0.3 is 0 Å². The minimum absolute atomic E-state index is 0.133. The summed E-state index contributed by atoms with van der Waals surface area (Å²) in [4.78, 5) is 14.5. The average molecular weight is 269 g/mol. The summed E-state index contributed by atoms with van der Waals surface area (Å²) >= 11 is 0. The molecule has 2 atom stereocenters. The van der Waals surface area contributed by atoms with Gasteiger partial charge in [0.15, 0.2) is 0 Å². The highest BCUT2D eigenvalue weighted by Gasteiger charge is 2.55. The Balaban J connectivity index is 1.41. The van der Waals surface area contributed by atoms with E-state index in [1.54, 1.807) is 0 Å². The number of aromatic nitrogens is 1. The van der Waals surface area contributed by atoms with E-state index >= 15 is 0 Å². The van der Waals surface area contributed by atoms with Crippen LogP contribution in [0.15, 0.2) is 36.5 Å². The van der Waals surface area contributed by atoms with Gasteiger partial charge in [0, 0.05) is 30.8 Å². The first-order valence-corrected chi connectivity index (χ1v) is 7.24. The highest BCUT2D eigenvalue weighted by atomic mass is 16.2. The zero-order valence-corrected chi connectivity index (χ0v) is 11.6. The summed E-state index contributed by atoms with van der Waals surface area (Å²) in [6.45, 7) is 2.67. The topological polar surface area (TPSA) is 37.3 Å². The van der Waals surface area contributed by atoms with E-state index in [9.17, 15) is 4.79 Å². The van der Waals surface area contributed by atoms with Gasteiger partial charge in [-0.3, -0.25) is 4.79 Å². The summed E-state index contributed by atoms with van der Waals surface area (Å²) in [5.74, 6) is 1.50. The molecule has 104 valence electrons. The number of likely N-dealkylation sites (tertiary alicyclic amines) is 1. The fourth-order valence-electron chi connectivity index (χ4n) is 3.62. The van der Waals surface area contributed by atoms with Crippen molar-refractivity contribution in [1.82, 2.24) is 14.8 Å². The number of nitrogens with zero attached hydrogens (tertiary/aromatic N) is 2. The van der Waals surface area contributed by atoms with E-state index in [0.717, 1.165) is 18.6 Å². The van der Waals surface area contributed by atoms with Crippen LogP contribution in [0, 0.1) is 11.8 Å². The van der Waals surface area contributed by atoms with Gasteiger partial charge in [0.25, 0.3) is 0 Å². The van der Waals surface area contributed by atoms with Gasteiger partial charge in [0.2, 0.25) is 5.91 Å². The number of carbonyl (C=O) groups is 1. The van der Waals surface area contributed by atoms with Crippen molar-refractivity contribution in [3.63, 3.8) is 0 Å². The summed E-state index contributed by atoms with van der Waals surface area (Å²) in [6, 6.07) is 10.6. The lowest BCUT2D eigenvalue weighted by molar-refractivity contribution is -0.121. The number of hydrogen-bond acceptors (Lipinski definition) is 2. The first kappa shape index (κ1) is 12.0. The molecular weight excluding hydrogens is 250 g/mol. The molecule has 4 heteroatoms. The summed E-state index contributed by atoms with van der Waals surface area (Å²) in [5, 5.41) is 4.38. The molecule has 0 bridgehead atoms. The molecular formula is C16H19N3O. The van der Waals surface area contributed by atoms with E-state index in [0.29, 0.717) is 24.4 Å². The molecule has 1 saturated heterocycles. The fourth-order valence-corrected chi connectivity index (χ4v) is 3.62. The maximum Gasteiger partial charge on any atom is 0.240 e. The van der Waals surface area contributed by atoms with Crippen LogP contribution in [0.5, 0.6) is 0 Å². The van der Waals surface area contributed by atoms with E-state index in [1.165, 1.54) is 5.39 Å². The Kier molecular flexibility index (Phi) is 2.60. The van der Waals surface area contributed by atoms with Gasteiger partial charge in [-0.15, -0.1) is 0 Å². The van der Waals surface area contributed by atoms with Crippen molar-refractivity contribution in [2.45, 2.75) is 12.6 Å². The molecule has 2 heterocycles. The van der Waals surface area contributed by atoms with Gasteiger partial charge in [-0.1, -0.05) is 18.2 Å². The monoisotopic (exact) mass is 269 g/mol. The van der Waals surface area contributed by atoms with Crippen molar-refractivity contribution >= 4 is 16.8 Å². The molecule has 1 aromatic heterocycles. The van der Waals surface area contributed by atoms with Crippen molar-refractivity contribution < 1.29 is 4.79 Å². The first-order valence-electron chi connectivity index (χ1n) is 7.24. The molecule has 0 unspecified atom stereocenters. The Morgan fingerprint density at radius 3 is 2.80 bits per heavy atom. The quantitative estimate of drug-likeness (QED) is 0.912. The molecule has 1 saturated carbocycles. The van der Waals surface area contributed by atoms with E-state index in [2.05, 4.69) is 35.5 Å². The number of piperidine rings is 1. The van der Waals surface area contributed by atoms with Crippen LogP contribution >= 0.6 is 0 Å². The van der Waals surface area contributed by atoms with Crippen LogP contribution < -0.4 is 5.32 Å². The van der Waals surface area contributed by atoms with Gasteiger partial charge in [0.1, 0.15) is 6.54 Å². The van der Waals surface area contributed by atoms with E-state index < -0.39 is 0 Å². The first-order chi connectivity index (χ1) is 9.72. The lowest BCUT2D eigenvalue weighted by atomic mass is 10.2. The summed E-state index contributed by atoms with van der Waals surface area (Å²) in [5.41, 5.74) is 1.12. The van der Waals surface area contributed by atoms with Crippen LogP contribution in [-0.2, 0) is 11.3 Å². The SMILES string of the molecule is CN1C[C@@H]2C(NC(=O)Cn3ccc4ccccc43)[C@H]2C1. The maximum atomic E-state index is 12.2. The second-order valence-corrected chi connectivity index (χ2v) is 6.14. The van der Waals surface area contributed by atoms with Crippen molar-refractivity contribution in [3.8, 4) is 0 Å². The number of nitrogens with one attached hydrogen (secondary N) is 1. The minimum Gasteiger partial charge on any atom is -0.351 e. The third-order valence-electron chi connectivity index (χ3n) is 4.70. The molecule has 4 rings (SSSR count). The summed E-state index contributed by atoms with van der Waals surface area (Å²) < 4.78 is 2.02. The molecule has 2 fully saturated rings. The lowest BCUT2D eigenvalue weighted by Gasteiger charge is -2.14. The molecule has 2 aliphatic rings. The Hall–Kier alpha value is -1.81. The van der Waals surface area contributed by atoms with E-state index in [4.69, 9.17) is 0 Å². The molecule has 1 aliphatic carbocycles.